The molecule has 5 heteroatoms. The first-order chi connectivity index (χ1) is 8.18. The van der Waals surface area contributed by atoms with Gasteiger partial charge in [0, 0.05) is 32.4 Å². The van der Waals surface area contributed by atoms with Crippen molar-refractivity contribution in [3.05, 3.63) is 24.4 Å². The average molecular weight is 254 g/mol. The zero-order valence-corrected chi connectivity index (χ0v) is 10.6. The summed E-state index contributed by atoms with van der Waals surface area (Å²) in [5.41, 5.74) is 0. The largest absolute Gasteiger partial charge is 0.353 e. The Labute approximate surface area is 106 Å². The number of amides is 1. The lowest BCUT2D eigenvalue weighted by atomic mass is 10.2. The first-order valence-electron chi connectivity index (χ1n) is 5.77. The van der Waals surface area contributed by atoms with Crippen molar-refractivity contribution < 1.29 is 4.79 Å². The van der Waals surface area contributed by atoms with Crippen LogP contribution in [0, 0.1) is 0 Å². The number of rotatable bonds is 2. The van der Waals surface area contributed by atoms with Crippen molar-refractivity contribution in [3.63, 3.8) is 0 Å². The van der Waals surface area contributed by atoms with Crippen molar-refractivity contribution in [1.82, 2.24) is 9.88 Å². The van der Waals surface area contributed by atoms with E-state index in [-0.39, 0.29) is 5.91 Å². The summed E-state index contributed by atoms with van der Waals surface area (Å²) < 4.78 is 0. The Morgan fingerprint density at radius 3 is 2.59 bits per heavy atom. The van der Waals surface area contributed by atoms with E-state index in [1.54, 1.807) is 13.1 Å². The lowest BCUT2D eigenvalue weighted by Crippen LogP contribution is -2.50. The van der Waals surface area contributed by atoms with Crippen LogP contribution in [-0.4, -0.2) is 47.3 Å². The van der Waals surface area contributed by atoms with Crippen LogP contribution >= 0.6 is 11.6 Å². The maximum Gasteiger partial charge on any atom is 0.240 e. The number of carbonyl (C=O) groups excluding carboxylic acids is 1. The third kappa shape index (κ3) is 2.88. The minimum atomic E-state index is -0.434. The first-order valence-corrected chi connectivity index (χ1v) is 6.21. The van der Waals surface area contributed by atoms with E-state index >= 15 is 0 Å². The standard InChI is InChI=1S/C12H16ClN3O/c1-10(13)12(17)16-8-6-15(7-9-16)11-4-2-3-5-14-11/h2-5,10H,6-9H2,1H3/t10-/m1/s1. The van der Waals surface area contributed by atoms with Gasteiger partial charge in [-0.15, -0.1) is 11.6 Å². The molecular formula is C12H16ClN3O. The molecule has 1 atom stereocenters. The lowest BCUT2D eigenvalue weighted by Gasteiger charge is -2.35. The Hall–Kier alpha value is -1.29. The Bertz CT molecular complexity index is 375. The molecule has 1 amide bonds. The summed E-state index contributed by atoms with van der Waals surface area (Å²) in [6, 6.07) is 5.86. The molecule has 0 bridgehead atoms. The molecule has 2 heterocycles. The summed E-state index contributed by atoms with van der Waals surface area (Å²) in [4.78, 5) is 20.0. The summed E-state index contributed by atoms with van der Waals surface area (Å²) in [6.45, 7) is 4.77. The predicted octanol–water partition coefficient (Wildman–Crippen LogP) is 1.36. The van der Waals surface area contributed by atoms with E-state index in [0.29, 0.717) is 13.1 Å². The fourth-order valence-corrected chi connectivity index (χ4v) is 2.09. The molecule has 1 aromatic rings. The maximum atomic E-state index is 11.7. The van der Waals surface area contributed by atoms with E-state index in [4.69, 9.17) is 11.6 Å². The quantitative estimate of drug-likeness (QED) is 0.747. The molecule has 0 aliphatic carbocycles. The van der Waals surface area contributed by atoms with Crippen LogP contribution in [0.2, 0.25) is 0 Å². The van der Waals surface area contributed by atoms with Crippen molar-refractivity contribution in [3.8, 4) is 0 Å². The van der Waals surface area contributed by atoms with E-state index in [2.05, 4.69) is 9.88 Å². The first kappa shape index (κ1) is 12.2. The van der Waals surface area contributed by atoms with Crippen molar-refractivity contribution >= 4 is 23.3 Å². The highest BCUT2D eigenvalue weighted by Gasteiger charge is 2.23. The Kier molecular flexibility index (Phi) is 3.84. The Balaban J connectivity index is 1.93. The van der Waals surface area contributed by atoms with Gasteiger partial charge in [0.05, 0.1) is 0 Å². The highest BCUT2D eigenvalue weighted by atomic mass is 35.5. The van der Waals surface area contributed by atoms with E-state index in [9.17, 15) is 4.79 Å². The van der Waals surface area contributed by atoms with E-state index in [0.717, 1.165) is 18.9 Å². The number of aromatic nitrogens is 1. The second-order valence-electron chi connectivity index (χ2n) is 4.12. The number of carbonyl (C=O) groups is 1. The Morgan fingerprint density at radius 2 is 2.06 bits per heavy atom. The van der Waals surface area contributed by atoms with Crippen LogP contribution in [0.4, 0.5) is 5.82 Å². The van der Waals surface area contributed by atoms with Crippen molar-refractivity contribution in [1.29, 1.82) is 0 Å². The molecule has 0 unspecified atom stereocenters. The summed E-state index contributed by atoms with van der Waals surface area (Å²) >= 11 is 5.80. The maximum absolute atomic E-state index is 11.7. The van der Waals surface area contributed by atoms with Gasteiger partial charge in [-0.1, -0.05) is 6.07 Å². The normalized spacial score (nSPS) is 18.0. The van der Waals surface area contributed by atoms with Gasteiger partial charge in [-0.3, -0.25) is 4.79 Å². The summed E-state index contributed by atoms with van der Waals surface area (Å²) in [5.74, 6) is 0.992. The topological polar surface area (TPSA) is 36.4 Å². The molecule has 1 aliphatic heterocycles. The predicted molar refractivity (Wildman–Crippen MR) is 68.3 cm³/mol. The number of anilines is 1. The Morgan fingerprint density at radius 1 is 1.35 bits per heavy atom. The second-order valence-corrected chi connectivity index (χ2v) is 4.77. The molecule has 1 fully saturated rings. The second kappa shape index (κ2) is 5.36. The number of alkyl halides is 1. The molecule has 0 spiro atoms. The number of nitrogens with zero attached hydrogens (tertiary/aromatic N) is 3. The van der Waals surface area contributed by atoms with Gasteiger partial charge in [0.1, 0.15) is 11.2 Å². The van der Waals surface area contributed by atoms with Gasteiger partial charge in [0.25, 0.3) is 0 Å². The highest BCUT2D eigenvalue weighted by molar-refractivity contribution is 6.30. The molecule has 4 nitrogen and oxygen atoms in total. The molecule has 1 saturated heterocycles. The van der Waals surface area contributed by atoms with E-state index in [1.165, 1.54) is 0 Å². The van der Waals surface area contributed by atoms with Crippen molar-refractivity contribution in [2.24, 2.45) is 0 Å². The summed E-state index contributed by atoms with van der Waals surface area (Å²) in [6.07, 6.45) is 1.79. The third-order valence-corrected chi connectivity index (χ3v) is 3.09. The van der Waals surface area contributed by atoms with Crippen LogP contribution in [0.5, 0.6) is 0 Å². The molecule has 2 rings (SSSR count). The third-order valence-electron chi connectivity index (χ3n) is 2.90. The number of halogens is 1. The molecule has 0 saturated carbocycles. The lowest BCUT2D eigenvalue weighted by molar-refractivity contribution is -0.130. The average Bonchev–Trinajstić information content (AvgIpc) is 2.39. The summed E-state index contributed by atoms with van der Waals surface area (Å²) in [5, 5.41) is -0.434. The highest BCUT2D eigenvalue weighted by Crippen LogP contribution is 2.13. The molecule has 0 aromatic carbocycles. The van der Waals surface area contributed by atoms with Gasteiger partial charge in [0.15, 0.2) is 0 Å². The molecular weight excluding hydrogens is 238 g/mol. The van der Waals surface area contributed by atoms with Gasteiger partial charge in [-0.2, -0.15) is 0 Å². The molecule has 0 N–H and O–H groups in total. The van der Waals surface area contributed by atoms with Crippen LogP contribution in [0.15, 0.2) is 24.4 Å². The minimum absolute atomic E-state index is 0.0207. The van der Waals surface area contributed by atoms with Crippen LogP contribution in [0.1, 0.15) is 6.92 Å². The number of pyridine rings is 1. The smallest absolute Gasteiger partial charge is 0.240 e. The van der Waals surface area contributed by atoms with Crippen LogP contribution in [0.3, 0.4) is 0 Å². The molecule has 1 aliphatic rings. The fourth-order valence-electron chi connectivity index (χ4n) is 1.95. The van der Waals surface area contributed by atoms with E-state index < -0.39 is 5.38 Å². The zero-order valence-electron chi connectivity index (χ0n) is 9.84. The van der Waals surface area contributed by atoms with Crippen LogP contribution in [-0.2, 0) is 4.79 Å². The molecule has 92 valence electrons. The van der Waals surface area contributed by atoms with Crippen molar-refractivity contribution in [2.45, 2.75) is 12.3 Å². The fraction of sp³-hybridized carbons (Fsp3) is 0.500. The van der Waals surface area contributed by atoms with Crippen LogP contribution in [0.25, 0.3) is 0 Å². The van der Waals surface area contributed by atoms with Gasteiger partial charge in [-0.25, -0.2) is 4.98 Å². The van der Waals surface area contributed by atoms with Gasteiger partial charge < -0.3 is 9.80 Å². The number of hydrogen-bond acceptors (Lipinski definition) is 3. The van der Waals surface area contributed by atoms with Crippen molar-refractivity contribution in [2.75, 3.05) is 31.1 Å². The monoisotopic (exact) mass is 253 g/mol. The number of piperazine rings is 1. The zero-order chi connectivity index (χ0) is 12.3. The molecule has 0 radical (unpaired) electrons. The van der Waals surface area contributed by atoms with E-state index in [1.807, 2.05) is 23.1 Å². The molecule has 17 heavy (non-hydrogen) atoms. The van der Waals surface area contributed by atoms with Crippen LogP contribution < -0.4 is 4.90 Å². The summed E-state index contributed by atoms with van der Waals surface area (Å²) in [7, 11) is 0. The minimum Gasteiger partial charge on any atom is -0.353 e. The SMILES string of the molecule is C[C@@H](Cl)C(=O)N1CCN(c2ccccn2)CC1. The number of hydrogen-bond donors (Lipinski definition) is 0. The van der Waals surface area contributed by atoms with Gasteiger partial charge in [0.2, 0.25) is 5.91 Å². The molecule has 1 aromatic heterocycles. The van der Waals surface area contributed by atoms with Gasteiger partial charge in [-0.05, 0) is 19.1 Å². The van der Waals surface area contributed by atoms with Gasteiger partial charge >= 0.3 is 0 Å².